The van der Waals surface area contributed by atoms with Gasteiger partial charge in [-0.05, 0) is 0 Å². The fourth-order valence-electron chi connectivity index (χ4n) is 0.688. The van der Waals surface area contributed by atoms with E-state index >= 15 is 0 Å². The van der Waals surface area contributed by atoms with Gasteiger partial charge in [-0.2, -0.15) is 0 Å². The van der Waals surface area contributed by atoms with E-state index in [4.69, 9.17) is 16.3 Å². The third-order valence-corrected chi connectivity index (χ3v) is 1.53. The molecule has 0 aliphatic carbocycles. The summed E-state index contributed by atoms with van der Waals surface area (Å²) in [7, 11) is 1.39. The van der Waals surface area contributed by atoms with Crippen LogP contribution in [0.3, 0.4) is 0 Å². The first-order chi connectivity index (χ1) is 5.65. The summed E-state index contributed by atoms with van der Waals surface area (Å²) in [5.74, 6) is -1.09. The molecule has 0 aromatic carbocycles. The molecule has 6 heteroatoms. The van der Waals surface area contributed by atoms with E-state index < -0.39 is 5.97 Å². The number of hydrogen-bond acceptors (Lipinski definition) is 4. The number of ether oxygens (including phenoxy) is 1. The zero-order valence-electron chi connectivity index (χ0n) is 7.20. The molecule has 4 nitrogen and oxygen atoms in total. The first kappa shape index (κ1) is 13.3. The SMILES string of the molecule is COc1cc(C(=O)[O-])ncc1Cl.[K+]. The van der Waals surface area contributed by atoms with Gasteiger partial charge in [-0.1, -0.05) is 11.6 Å². The van der Waals surface area contributed by atoms with Crippen molar-refractivity contribution in [1.82, 2.24) is 4.98 Å². The first-order valence-corrected chi connectivity index (χ1v) is 3.44. The summed E-state index contributed by atoms with van der Waals surface area (Å²) < 4.78 is 4.77. The van der Waals surface area contributed by atoms with Gasteiger partial charge in [0, 0.05) is 12.3 Å². The molecule has 64 valence electrons. The van der Waals surface area contributed by atoms with Gasteiger partial charge in [0.05, 0.1) is 18.8 Å². The molecule has 0 unspecified atom stereocenters. The largest absolute Gasteiger partial charge is 1.00 e. The van der Waals surface area contributed by atoms with Crippen LogP contribution in [0.5, 0.6) is 5.75 Å². The summed E-state index contributed by atoms with van der Waals surface area (Å²) >= 11 is 5.60. The fraction of sp³-hybridized carbons (Fsp3) is 0.143. The maximum Gasteiger partial charge on any atom is 1.00 e. The van der Waals surface area contributed by atoms with E-state index in [-0.39, 0.29) is 67.9 Å². The van der Waals surface area contributed by atoms with Crippen molar-refractivity contribution in [3.63, 3.8) is 0 Å². The third kappa shape index (κ3) is 3.53. The molecule has 0 bridgehead atoms. The average molecular weight is 226 g/mol. The Hall–Kier alpha value is 0.346. The number of aromatic nitrogens is 1. The van der Waals surface area contributed by atoms with Crippen LogP contribution in [0.4, 0.5) is 0 Å². The molecule has 1 aromatic rings. The minimum atomic E-state index is -1.36. The topological polar surface area (TPSA) is 62.2 Å². The van der Waals surface area contributed by atoms with Crippen LogP contribution >= 0.6 is 11.6 Å². The van der Waals surface area contributed by atoms with Crippen LogP contribution in [-0.4, -0.2) is 18.1 Å². The molecule has 0 N–H and O–H groups in total. The van der Waals surface area contributed by atoms with Crippen LogP contribution < -0.4 is 61.2 Å². The summed E-state index contributed by atoms with van der Waals surface area (Å²) in [6.07, 6.45) is 1.20. The molecule has 0 aliphatic rings. The molecule has 0 fully saturated rings. The number of hydrogen-bond donors (Lipinski definition) is 0. The predicted molar refractivity (Wildman–Crippen MR) is 40.1 cm³/mol. The number of halogens is 1. The van der Waals surface area contributed by atoms with Gasteiger partial charge >= 0.3 is 51.4 Å². The third-order valence-electron chi connectivity index (χ3n) is 1.25. The number of carboxylic acid groups (broad SMARTS) is 1. The molecule has 0 radical (unpaired) electrons. The van der Waals surface area contributed by atoms with E-state index in [1.54, 1.807) is 0 Å². The summed E-state index contributed by atoms with van der Waals surface area (Å²) in [5, 5.41) is 10.6. The second-order valence-electron chi connectivity index (χ2n) is 1.99. The van der Waals surface area contributed by atoms with Crippen LogP contribution in [-0.2, 0) is 0 Å². The molecule has 1 heterocycles. The zero-order valence-corrected chi connectivity index (χ0v) is 11.1. The molecule has 0 aliphatic heterocycles. The van der Waals surface area contributed by atoms with E-state index in [1.807, 2.05) is 0 Å². The Bertz CT molecular complexity index is 319. The maximum atomic E-state index is 10.3. The van der Waals surface area contributed by atoms with Crippen LogP contribution in [0.25, 0.3) is 0 Å². The molecular formula is C7H5ClKNO3. The number of carbonyl (C=O) groups excluding carboxylic acids is 1. The number of carboxylic acids is 1. The summed E-state index contributed by atoms with van der Waals surface area (Å²) in [6.45, 7) is 0. The molecule has 1 rings (SSSR count). The van der Waals surface area contributed by atoms with Crippen molar-refractivity contribution in [2.45, 2.75) is 0 Å². The smallest absolute Gasteiger partial charge is 0.543 e. The Labute approximate surface area is 123 Å². The van der Waals surface area contributed by atoms with E-state index in [1.165, 1.54) is 19.4 Å². The second-order valence-corrected chi connectivity index (χ2v) is 2.40. The van der Waals surface area contributed by atoms with Crippen molar-refractivity contribution in [2.75, 3.05) is 7.11 Å². The van der Waals surface area contributed by atoms with Gasteiger partial charge in [0.1, 0.15) is 10.8 Å². The Morgan fingerprint density at radius 3 is 2.77 bits per heavy atom. The van der Waals surface area contributed by atoms with Gasteiger partial charge in [0.2, 0.25) is 0 Å². The van der Waals surface area contributed by atoms with E-state index in [0.717, 1.165) is 0 Å². The monoisotopic (exact) mass is 225 g/mol. The maximum absolute atomic E-state index is 10.3. The number of pyridine rings is 1. The molecule has 13 heavy (non-hydrogen) atoms. The second kappa shape index (κ2) is 5.95. The molecule has 0 spiro atoms. The minimum absolute atomic E-state index is 0. The van der Waals surface area contributed by atoms with Gasteiger partial charge in [-0.15, -0.1) is 0 Å². The van der Waals surface area contributed by atoms with Crippen LogP contribution in [0, 0.1) is 0 Å². The van der Waals surface area contributed by atoms with Crippen LogP contribution in [0.2, 0.25) is 5.02 Å². The van der Waals surface area contributed by atoms with Gasteiger partial charge in [-0.25, -0.2) is 0 Å². The Kier molecular flexibility index (Phi) is 6.11. The van der Waals surface area contributed by atoms with Crippen molar-refractivity contribution in [3.05, 3.63) is 23.0 Å². The van der Waals surface area contributed by atoms with Gasteiger partial charge in [-0.3, -0.25) is 4.98 Å². The number of nitrogens with zero attached hydrogens (tertiary/aromatic N) is 1. The summed E-state index contributed by atoms with van der Waals surface area (Å²) in [5.41, 5.74) is -0.198. The minimum Gasteiger partial charge on any atom is -0.543 e. The van der Waals surface area contributed by atoms with Crippen molar-refractivity contribution in [2.24, 2.45) is 0 Å². The van der Waals surface area contributed by atoms with Crippen LogP contribution in [0.15, 0.2) is 12.3 Å². The summed E-state index contributed by atoms with van der Waals surface area (Å²) in [4.78, 5) is 13.8. The molecular weight excluding hydrogens is 221 g/mol. The van der Waals surface area contributed by atoms with Crippen molar-refractivity contribution >= 4 is 17.6 Å². The fourth-order valence-corrected chi connectivity index (χ4v) is 0.869. The molecule has 0 atom stereocenters. The van der Waals surface area contributed by atoms with Gasteiger partial charge in [0.15, 0.2) is 0 Å². The number of aromatic carboxylic acids is 1. The van der Waals surface area contributed by atoms with Crippen molar-refractivity contribution in [1.29, 1.82) is 0 Å². The molecule has 0 saturated heterocycles. The van der Waals surface area contributed by atoms with E-state index in [0.29, 0.717) is 0 Å². The first-order valence-electron chi connectivity index (χ1n) is 3.06. The normalized spacial score (nSPS) is 8.77. The predicted octanol–water partition coefficient (Wildman–Crippen LogP) is -2.89. The number of rotatable bonds is 2. The van der Waals surface area contributed by atoms with Gasteiger partial charge < -0.3 is 14.6 Å². The average Bonchev–Trinajstić information content (AvgIpc) is 2.05. The number of methoxy groups -OCH3 is 1. The van der Waals surface area contributed by atoms with Crippen LogP contribution in [0.1, 0.15) is 10.5 Å². The Balaban J connectivity index is 0.00000144. The molecule has 1 aromatic heterocycles. The zero-order chi connectivity index (χ0) is 9.14. The Morgan fingerprint density at radius 1 is 1.69 bits per heavy atom. The quantitative estimate of drug-likeness (QED) is 0.507. The molecule has 0 amide bonds. The summed E-state index contributed by atoms with van der Waals surface area (Å²) in [6, 6.07) is 1.21. The van der Waals surface area contributed by atoms with Crippen molar-refractivity contribution < 1.29 is 66.0 Å². The Morgan fingerprint density at radius 2 is 2.31 bits per heavy atom. The van der Waals surface area contributed by atoms with Gasteiger partial charge in [0.25, 0.3) is 0 Å². The standard InChI is InChI=1S/C7H6ClNO3.K/c1-12-6-2-5(7(10)11)9-3-4(6)8;/h2-3H,1H3,(H,10,11);/q;+1/p-1. The van der Waals surface area contributed by atoms with Crippen molar-refractivity contribution in [3.8, 4) is 5.75 Å². The number of carbonyl (C=O) groups is 1. The molecule has 0 saturated carbocycles. The van der Waals surface area contributed by atoms with E-state index in [9.17, 15) is 9.90 Å². The van der Waals surface area contributed by atoms with E-state index in [2.05, 4.69) is 4.98 Å².